The topological polar surface area (TPSA) is 81.2 Å². The molecule has 0 aromatic carbocycles. The number of amides is 1. The van der Waals surface area contributed by atoms with Crippen molar-refractivity contribution in [3.63, 3.8) is 0 Å². The van der Waals surface area contributed by atoms with Crippen molar-refractivity contribution in [3.8, 4) is 10.8 Å². The van der Waals surface area contributed by atoms with Crippen molar-refractivity contribution in [1.29, 1.82) is 0 Å². The molecule has 5 nitrogen and oxygen atoms in total. The fraction of sp³-hybridized carbons (Fsp3) is 0.500. The van der Waals surface area contributed by atoms with Crippen LogP contribution in [0, 0.1) is 12.8 Å². The van der Waals surface area contributed by atoms with Crippen LogP contribution in [-0.4, -0.2) is 23.0 Å². The van der Waals surface area contributed by atoms with Gasteiger partial charge in [0, 0.05) is 11.4 Å². The molecule has 0 aliphatic carbocycles. The van der Waals surface area contributed by atoms with Gasteiger partial charge < -0.3 is 15.5 Å². The smallest absolute Gasteiger partial charge is 0.271 e. The summed E-state index contributed by atoms with van der Waals surface area (Å²) in [4.78, 5) is 17.8. The molecule has 0 fully saturated rings. The lowest BCUT2D eigenvalue weighted by molar-refractivity contribution is 0.0893. The van der Waals surface area contributed by atoms with Crippen molar-refractivity contribution < 1.29 is 9.21 Å². The molecular weight excluding hydrogens is 298 g/mol. The van der Waals surface area contributed by atoms with Gasteiger partial charge in [0.2, 0.25) is 0 Å². The summed E-state index contributed by atoms with van der Waals surface area (Å²) in [5.74, 6) is 0.945. The van der Waals surface area contributed by atoms with Crippen molar-refractivity contribution in [1.82, 2.24) is 10.3 Å². The van der Waals surface area contributed by atoms with Gasteiger partial charge >= 0.3 is 0 Å². The standard InChI is InChI=1S/C16H23N3O2S/c1-10(2)8-16(4,9-17)19-14(20)13-11(3)22-15(18-13)12-6-5-7-21-12/h5-7,10H,8-9,17H2,1-4H3,(H,19,20). The summed E-state index contributed by atoms with van der Waals surface area (Å²) in [5.41, 5.74) is 5.87. The van der Waals surface area contributed by atoms with E-state index >= 15 is 0 Å². The van der Waals surface area contributed by atoms with Crippen LogP contribution in [0.15, 0.2) is 22.8 Å². The number of thiazole rings is 1. The average molecular weight is 321 g/mol. The molecule has 1 amide bonds. The van der Waals surface area contributed by atoms with E-state index in [1.807, 2.05) is 19.9 Å². The number of nitrogens with two attached hydrogens (primary N) is 1. The number of furan rings is 1. The summed E-state index contributed by atoms with van der Waals surface area (Å²) in [7, 11) is 0. The maximum atomic E-state index is 12.6. The van der Waals surface area contributed by atoms with E-state index in [2.05, 4.69) is 24.1 Å². The first-order valence-corrected chi connectivity index (χ1v) is 8.20. The zero-order chi connectivity index (χ0) is 16.3. The molecule has 2 aromatic rings. The highest BCUT2D eigenvalue weighted by Gasteiger charge is 2.28. The predicted octanol–water partition coefficient (Wildman–Crippen LogP) is 3.20. The van der Waals surface area contributed by atoms with Gasteiger partial charge in [0.25, 0.3) is 5.91 Å². The van der Waals surface area contributed by atoms with E-state index in [1.165, 1.54) is 11.3 Å². The average Bonchev–Trinajstić information content (AvgIpc) is 3.06. The molecule has 0 radical (unpaired) electrons. The molecule has 3 N–H and O–H groups in total. The van der Waals surface area contributed by atoms with E-state index in [0.717, 1.165) is 11.3 Å². The largest absolute Gasteiger partial charge is 0.462 e. The molecule has 6 heteroatoms. The molecule has 120 valence electrons. The Kier molecular flexibility index (Phi) is 5.03. The van der Waals surface area contributed by atoms with Crippen LogP contribution in [0.3, 0.4) is 0 Å². The quantitative estimate of drug-likeness (QED) is 0.856. The minimum absolute atomic E-state index is 0.180. The summed E-state index contributed by atoms with van der Waals surface area (Å²) < 4.78 is 5.34. The Labute approximate surface area is 134 Å². The van der Waals surface area contributed by atoms with Gasteiger partial charge in [-0.15, -0.1) is 11.3 Å². The third kappa shape index (κ3) is 3.75. The second-order valence-corrected chi connectivity index (χ2v) is 7.42. The second-order valence-electron chi connectivity index (χ2n) is 6.22. The monoisotopic (exact) mass is 321 g/mol. The first kappa shape index (κ1) is 16.7. The number of carbonyl (C=O) groups excluding carboxylic acids is 1. The molecule has 2 heterocycles. The van der Waals surface area contributed by atoms with Gasteiger partial charge in [-0.2, -0.15) is 0 Å². The molecule has 22 heavy (non-hydrogen) atoms. The molecule has 1 atom stereocenters. The van der Waals surface area contributed by atoms with E-state index in [4.69, 9.17) is 10.2 Å². The molecule has 0 saturated heterocycles. The highest BCUT2D eigenvalue weighted by molar-refractivity contribution is 7.15. The molecular formula is C16H23N3O2S. The zero-order valence-electron chi connectivity index (χ0n) is 13.5. The Hall–Kier alpha value is -1.66. The minimum Gasteiger partial charge on any atom is -0.462 e. The van der Waals surface area contributed by atoms with Crippen LogP contribution in [0.5, 0.6) is 0 Å². The minimum atomic E-state index is -0.424. The second kappa shape index (κ2) is 6.62. The van der Waals surface area contributed by atoms with E-state index in [-0.39, 0.29) is 5.91 Å². The van der Waals surface area contributed by atoms with Crippen molar-refractivity contribution >= 4 is 17.2 Å². The lowest BCUT2D eigenvalue weighted by atomic mass is 9.90. The third-order valence-electron chi connectivity index (χ3n) is 3.47. The van der Waals surface area contributed by atoms with Crippen LogP contribution in [0.2, 0.25) is 0 Å². The zero-order valence-corrected chi connectivity index (χ0v) is 14.3. The molecule has 0 aliphatic rings. The predicted molar refractivity (Wildman–Crippen MR) is 88.9 cm³/mol. The maximum Gasteiger partial charge on any atom is 0.271 e. The number of nitrogens with zero attached hydrogens (tertiary/aromatic N) is 1. The van der Waals surface area contributed by atoms with Gasteiger partial charge in [-0.05, 0) is 38.3 Å². The SMILES string of the molecule is Cc1sc(-c2ccco2)nc1C(=O)NC(C)(CN)CC(C)C. The Bertz CT molecular complexity index is 634. The number of hydrogen-bond donors (Lipinski definition) is 2. The Morgan fingerprint density at radius 2 is 2.27 bits per heavy atom. The van der Waals surface area contributed by atoms with Crippen molar-refractivity contribution in [2.75, 3.05) is 6.54 Å². The van der Waals surface area contributed by atoms with Crippen molar-refractivity contribution in [2.45, 2.75) is 39.7 Å². The Balaban J connectivity index is 2.19. The number of hydrogen-bond acceptors (Lipinski definition) is 5. The van der Waals surface area contributed by atoms with E-state index in [1.54, 1.807) is 12.3 Å². The highest BCUT2D eigenvalue weighted by Crippen LogP contribution is 2.28. The van der Waals surface area contributed by atoms with Gasteiger partial charge in [-0.3, -0.25) is 4.79 Å². The van der Waals surface area contributed by atoms with Gasteiger partial charge in [0.15, 0.2) is 10.8 Å². The van der Waals surface area contributed by atoms with Crippen LogP contribution in [0.4, 0.5) is 0 Å². The lowest BCUT2D eigenvalue weighted by Crippen LogP contribution is -2.52. The number of aryl methyl sites for hydroxylation is 1. The van der Waals surface area contributed by atoms with Gasteiger partial charge in [0.05, 0.1) is 11.8 Å². The van der Waals surface area contributed by atoms with Gasteiger partial charge in [-0.1, -0.05) is 13.8 Å². The molecule has 2 rings (SSSR count). The third-order valence-corrected chi connectivity index (χ3v) is 4.45. The first-order valence-electron chi connectivity index (χ1n) is 7.38. The fourth-order valence-corrected chi connectivity index (χ4v) is 3.41. The van der Waals surface area contributed by atoms with Crippen molar-refractivity contribution in [2.24, 2.45) is 11.7 Å². The summed E-state index contributed by atoms with van der Waals surface area (Å²) in [6.45, 7) is 8.48. The Morgan fingerprint density at radius 3 is 2.82 bits per heavy atom. The number of rotatable bonds is 6. The summed E-state index contributed by atoms with van der Waals surface area (Å²) in [6, 6.07) is 3.64. The van der Waals surface area contributed by atoms with Crippen LogP contribution in [0.25, 0.3) is 10.8 Å². The maximum absolute atomic E-state index is 12.6. The van der Waals surface area contributed by atoms with E-state index in [0.29, 0.717) is 28.9 Å². The van der Waals surface area contributed by atoms with Crippen LogP contribution in [0.1, 0.15) is 42.6 Å². The van der Waals surface area contributed by atoms with Crippen LogP contribution in [-0.2, 0) is 0 Å². The molecule has 0 saturated carbocycles. The number of nitrogens with one attached hydrogen (secondary N) is 1. The van der Waals surface area contributed by atoms with Crippen molar-refractivity contribution in [3.05, 3.63) is 29.0 Å². The number of aromatic nitrogens is 1. The normalized spacial score (nSPS) is 14.1. The molecule has 1 unspecified atom stereocenters. The highest BCUT2D eigenvalue weighted by atomic mass is 32.1. The van der Waals surface area contributed by atoms with E-state index < -0.39 is 5.54 Å². The summed E-state index contributed by atoms with van der Waals surface area (Å²) in [6.07, 6.45) is 2.42. The molecule has 0 spiro atoms. The van der Waals surface area contributed by atoms with Crippen LogP contribution >= 0.6 is 11.3 Å². The number of carbonyl (C=O) groups is 1. The lowest BCUT2D eigenvalue weighted by Gasteiger charge is -2.31. The Morgan fingerprint density at radius 1 is 1.55 bits per heavy atom. The molecule has 0 bridgehead atoms. The first-order chi connectivity index (χ1) is 10.3. The summed E-state index contributed by atoms with van der Waals surface area (Å²) in [5, 5.41) is 3.75. The van der Waals surface area contributed by atoms with E-state index in [9.17, 15) is 4.79 Å². The molecule has 0 aliphatic heterocycles. The summed E-state index contributed by atoms with van der Waals surface area (Å²) >= 11 is 1.45. The molecule has 2 aromatic heterocycles. The van der Waals surface area contributed by atoms with Gasteiger partial charge in [-0.25, -0.2) is 4.98 Å². The van der Waals surface area contributed by atoms with Crippen LogP contribution < -0.4 is 11.1 Å². The fourth-order valence-electron chi connectivity index (χ4n) is 2.53. The van der Waals surface area contributed by atoms with Gasteiger partial charge in [0.1, 0.15) is 5.69 Å².